The van der Waals surface area contributed by atoms with E-state index in [0.717, 1.165) is 11.7 Å². The molecule has 3 nitrogen and oxygen atoms in total. The molecule has 2 heterocycles. The van der Waals surface area contributed by atoms with E-state index in [2.05, 4.69) is 34.3 Å². The van der Waals surface area contributed by atoms with E-state index < -0.39 is 0 Å². The third-order valence-corrected chi connectivity index (χ3v) is 5.09. The van der Waals surface area contributed by atoms with Crippen LogP contribution in [0.25, 0.3) is 0 Å². The van der Waals surface area contributed by atoms with Gasteiger partial charge >= 0.3 is 0 Å². The van der Waals surface area contributed by atoms with E-state index in [1.165, 1.54) is 70.1 Å². The van der Waals surface area contributed by atoms with E-state index in [1.54, 1.807) is 0 Å². The maximum atomic E-state index is 4.63. The predicted octanol–water partition coefficient (Wildman–Crippen LogP) is 4.45. The summed E-state index contributed by atoms with van der Waals surface area (Å²) in [6.07, 6.45) is 12.8. The van der Waals surface area contributed by atoms with Gasteiger partial charge in [0, 0.05) is 19.1 Å². The smallest absolute Gasteiger partial charge is 0.128 e. The number of hydrogen-bond donors (Lipinski definition) is 1. The Morgan fingerprint density at radius 3 is 2.52 bits per heavy atom. The van der Waals surface area contributed by atoms with Gasteiger partial charge in [0.1, 0.15) is 5.82 Å². The van der Waals surface area contributed by atoms with Crippen molar-refractivity contribution in [1.29, 1.82) is 0 Å². The molecule has 0 aromatic carbocycles. The molecule has 0 unspecified atom stereocenters. The van der Waals surface area contributed by atoms with Crippen LogP contribution in [0.15, 0.2) is 18.3 Å². The largest absolute Gasteiger partial charge is 0.381 e. The number of rotatable bonds is 5. The molecule has 21 heavy (non-hydrogen) atoms. The molecule has 1 aliphatic carbocycles. The first-order chi connectivity index (χ1) is 10.3. The molecule has 0 atom stereocenters. The number of anilines is 2. The number of nitrogens with zero attached hydrogens (tertiary/aromatic N) is 2. The minimum atomic E-state index is 0.651. The number of hydrogen-bond acceptors (Lipinski definition) is 3. The van der Waals surface area contributed by atoms with E-state index in [0.29, 0.717) is 6.04 Å². The van der Waals surface area contributed by atoms with Gasteiger partial charge in [0.2, 0.25) is 0 Å². The summed E-state index contributed by atoms with van der Waals surface area (Å²) in [5.41, 5.74) is 1.19. The highest BCUT2D eigenvalue weighted by Gasteiger charge is 2.20. The molecule has 1 saturated carbocycles. The molecule has 1 saturated heterocycles. The zero-order chi connectivity index (χ0) is 14.5. The summed E-state index contributed by atoms with van der Waals surface area (Å²) in [7, 11) is 0. The lowest BCUT2D eigenvalue weighted by atomic mass is 9.83. The lowest BCUT2D eigenvalue weighted by Crippen LogP contribution is -2.26. The molecular formula is C18H29N3. The van der Waals surface area contributed by atoms with Crippen LogP contribution in [0.4, 0.5) is 11.5 Å². The lowest BCUT2D eigenvalue weighted by Gasteiger charge is -2.29. The van der Waals surface area contributed by atoms with E-state index in [-0.39, 0.29) is 0 Å². The highest BCUT2D eigenvalue weighted by molar-refractivity contribution is 5.49. The first-order valence-electron chi connectivity index (χ1n) is 8.82. The van der Waals surface area contributed by atoms with Crippen LogP contribution in [0.1, 0.15) is 58.3 Å². The van der Waals surface area contributed by atoms with Crippen molar-refractivity contribution >= 4 is 11.5 Å². The summed E-state index contributed by atoms with van der Waals surface area (Å²) in [5.74, 6) is 2.12. The summed E-state index contributed by atoms with van der Waals surface area (Å²) in [4.78, 5) is 7.02. The Bertz CT molecular complexity index is 415. The van der Waals surface area contributed by atoms with Gasteiger partial charge in [0.05, 0.1) is 11.9 Å². The SMILES string of the molecule is CCCC1CCC(Nc2ccc(N3CCCC3)nc2)CC1. The molecule has 1 aromatic rings. The zero-order valence-electron chi connectivity index (χ0n) is 13.4. The Labute approximate surface area is 129 Å². The summed E-state index contributed by atoms with van der Waals surface area (Å²) in [6.45, 7) is 4.64. The molecule has 0 bridgehead atoms. The number of aromatic nitrogens is 1. The maximum Gasteiger partial charge on any atom is 0.128 e. The third kappa shape index (κ3) is 3.90. The fourth-order valence-electron chi connectivity index (χ4n) is 3.84. The van der Waals surface area contributed by atoms with Crippen molar-refractivity contribution in [2.24, 2.45) is 5.92 Å². The van der Waals surface area contributed by atoms with Crippen molar-refractivity contribution < 1.29 is 0 Å². The van der Waals surface area contributed by atoms with Crippen molar-refractivity contribution in [3.05, 3.63) is 18.3 Å². The highest BCUT2D eigenvalue weighted by Crippen LogP contribution is 2.29. The van der Waals surface area contributed by atoms with E-state index in [9.17, 15) is 0 Å². The van der Waals surface area contributed by atoms with E-state index >= 15 is 0 Å². The van der Waals surface area contributed by atoms with E-state index in [4.69, 9.17) is 0 Å². The molecule has 0 amide bonds. The van der Waals surface area contributed by atoms with Crippen LogP contribution >= 0.6 is 0 Å². The summed E-state index contributed by atoms with van der Waals surface area (Å²) in [5, 5.41) is 3.68. The molecule has 3 heteroatoms. The Balaban J connectivity index is 1.49. The van der Waals surface area contributed by atoms with Gasteiger partial charge in [0.15, 0.2) is 0 Å². The number of nitrogens with one attached hydrogen (secondary N) is 1. The van der Waals surface area contributed by atoms with Gasteiger partial charge < -0.3 is 10.2 Å². The van der Waals surface area contributed by atoms with Crippen LogP contribution < -0.4 is 10.2 Å². The van der Waals surface area contributed by atoms with Crippen LogP contribution in [0.5, 0.6) is 0 Å². The second-order valence-electron chi connectivity index (χ2n) is 6.75. The molecule has 1 aliphatic heterocycles. The van der Waals surface area contributed by atoms with Crippen LogP contribution in [0.2, 0.25) is 0 Å². The average Bonchev–Trinajstić information content (AvgIpc) is 3.05. The van der Waals surface area contributed by atoms with Gasteiger partial charge in [-0.15, -0.1) is 0 Å². The van der Waals surface area contributed by atoms with E-state index in [1.807, 2.05) is 6.20 Å². The van der Waals surface area contributed by atoms with Gasteiger partial charge in [-0.3, -0.25) is 0 Å². The summed E-state index contributed by atoms with van der Waals surface area (Å²) >= 11 is 0. The summed E-state index contributed by atoms with van der Waals surface area (Å²) in [6, 6.07) is 5.03. The van der Waals surface area contributed by atoms with Crippen molar-refractivity contribution in [3.8, 4) is 0 Å². The standard InChI is InChI=1S/C18H29N3/c1-2-5-15-6-8-16(9-7-15)20-17-10-11-18(19-14-17)21-12-3-4-13-21/h10-11,14-16,20H,2-9,12-13H2,1H3. The minimum Gasteiger partial charge on any atom is -0.381 e. The third-order valence-electron chi connectivity index (χ3n) is 5.09. The second-order valence-corrected chi connectivity index (χ2v) is 6.75. The topological polar surface area (TPSA) is 28.2 Å². The predicted molar refractivity (Wildman–Crippen MR) is 90.0 cm³/mol. The molecule has 2 fully saturated rings. The molecule has 0 radical (unpaired) electrons. The van der Waals surface area contributed by atoms with Crippen LogP contribution in [-0.4, -0.2) is 24.1 Å². The van der Waals surface area contributed by atoms with Gasteiger partial charge in [-0.2, -0.15) is 0 Å². The first kappa shape index (κ1) is 14.7. The Morgan fingerprint density at radius 1 is 1.14 bits per heavy atom. The molecule has 3 rings (SSSR count). The molecule has 2 aliphatic rings. The molecule has 1 aromatic heterocycles. The molecular weight excluding hydrogens is 258 g/mol. The van der Waals surface area contributed by atoms with Crippen LogP contribution in [0.3, 0.4) is 0 Å². The minimum absolute atomic E-state index is 0.651. The lowest BCUT2D eigenvalue weighted by molar-refractivity contribution is 0.319. The van der Waals surface area contributed by atoms with Crippen molar-refractivity contribution in [1.82, 2.24) is 4.98 Å². The molecule has 116 valence electrons. The van der Waals surface area contributed by atoms with Gasteiger partial charge in [-0.1, -0.05) is 19.8 Å². The average molecular weight is 287 g/mol. The quantitative estimate of drug-likeness (QED) is 0.867. The first-order valence-corrected chi connectivity index (χ1v) is 8.82. The van der Waals surface area contributed by atoms with Crippen molar-refractivity contribution in [2.75, 3.05) is 23.3 Å². The van der Waals surface area contributed by atoms with Crippen LogP contribution in [-0.2, 0) is 0 Å². The fourth-order valence-corrected chi connectivity index (χ4v) is 3.84. The van der Waals surface area contributed by atoms with Crippen LogP contribution in [0, 0.1) is 5.92 Å². The summed E-state index contributed by atoms with van der Waals surface area (Å²) < 4.78 is 0. The van der Waals surface area contributed by atoms with Crippen molar-refractivity contribution in [3.63, 3.8) is 0 Å². The van der Waals surface area contributed by atoms with Crippen molar-refractivity contribution in [2.45, 2.75) is 64.3 Å². The number of pyridine rings is 1. The normalized spacial score (nSPS) is 26.0. The zero-order valence-corrected chi connectivity index (χ0v) is 13.4. The molecule has 0 spiro atoms. The second kappa shape index (κ2) is 7.15. The maximum absolute atomic E-state index is 4.63. The molecule has 1 N–H and O–H groups in total. The van der Waals surface area contributed by atoms with Gasteiger partial charge in [-0.25, -0.2) is 4.98 Å². The Morgan fingerprint density at radius 2 is 1.90 bits per heavy atom. The Kier molecular flexibility index (Phi) is 5.00. The highest BCUT2D eigenvalue weighted by atomic mass is 15.2. The van der Waals surface area contributed by atoms with Gasteiger partial charge in [-0.05, 0) is 56.6 Å². The van der Waals surface area contributed by atoms with Gasteiger partial charge in [0.25, 0.3) is 0 Å². The fraction of sp³-hybridized carbons (Fsp3) is 0.722. The Hall–Kier alpha value is -1.25. The monoisotopic (exact) mass is 287 g/mol.